The van der Waals surface area contributed by atoms with Crippen LogP contribution in [0.15, 0.2) is 170 Å². The molecule has 6 N–H and O–H groups in total. The summed E-state index contributed by atoms with van der Waals surface area (Å²) in [6.45, 7) is 17.0. The number of aryl methyl sites for hydroxylation is 2. The van der Waals surface area contributed by atoms with Crippen LogP contribution in [0.5, 0.6) is 17.2 Å². The Labute approximate surface area is 762 Å². The number of ketones is 1. The number of ether oxygens (including phenoxy) is 6. The molecule has 4 amide bonds. The van der Waals surface area contributed by atoms with Gasteiger partial charge in [-0.15, -0.1) is 0 Å². The molecular formula is C97H117Cl3N10O18. The summed E-state index contributed by atoms with van der Waals surface area (Å²) in [5.41, 5.74) is 6.95. The van der Waals surface area contributed by atoms with Crippen LogP contribution in [0.1, 0.15) is 242 Å². The first kappa shape index (κ1) is 103. The van der Waals surface area contributed by atoms with Gasteiger partial charge in [-0.25, -0.2) is 33.7 Å². The molecule has 8 aromatic carbocycles. The van der Waals surface area contributed by atoms with Gasteiger partial charge in [0.25, 0.3) is 0 Å². The number of aromatic nitrogens is 6. The van der Waals surface area contributed by atoms with E-state index in [4.69, 9.17) is 73.0 Å². The summed E-state index contributed by atoms with van der Waals surface area (Å²) >= 11 is 18.8. The van der Waals surface area contributed by atoms with Crippen molar-refractivity contribution in [3.8, 4) is 17.2 Å². The highest BCUT2D eigenvalue weighted by Crippen LogP contribution is 2.30. The third-order valence-electron chi connectivity index (χ3n) is 20.0. The number of carbonyl (C=O) groups excluding carboxylic acids is 10. The molecule has 2 aromatic heterocycles. The van der Waals surface area contributed by atoms with Gasteiger partial charge in [0, 0.05) is 12.1 Å². The van der Waals surface area contributed by atoms with E-state index in [1.165, 1.54) is 166 Å². The topological polar surface area (TPSA) is 376 Å². The Hall–Kier alpha value is -12.0. The summed E-state index contributed by atoms with van der Waals surface area (Å²) in [6, 6.07) is 47.0. The Morgan fingerprint density at radius 1 is 0.398 bits per heavy atom. The molecule has 2 heterocycles. The number of hydrogen-bond acceptors (Lipinski definition) is 22. The molecule has 0 spiro atoms. The smallest absolute Gasteiger partial charge is 0.347 e. The summed E-state index contributed by atoms with van der Waals surface area (Å²) < 4.78 is 32.3. The molecule has 0 radical (unpaired) electrons. The van der Waals surface area contributed by atoms with Crippen molar-refractivity contribution in [1.82, 2.24) is 30.8 Å². The van der Waals surface area contributed by atoms with E-state index in [0.29, 0.717) is 80.7 Å². The van der Waals surface area contributed by atoms with Gasteiger partial charge < -0.3 is 49.7 Å². The predicted octanol–water partition coefficient (Wildman–Crippen LogP) is 21.9. The Balaban J connectivity index is 0.000000274. The molecule has 0 bridgehead atoms. The number of unbranched alkanes of at least 4 members (excludes halogenated alkanes) is 18. The van der Waals surface area contributed by atoms with Crippen LogP contribution in [0.3, 0.4) is 0 Å². The number of carbonyl (C=O) groups is 10. The molecular weight excluding hydrogens is 1700 g/mol. The van der Waals surface area contributed by atoms with Gasteiger partial charge in [0.05, 0.1) is 80.1 Å². The van der Waals surface area contributed by atoms with Crippen molar-refractivity contribution in [1.29, 1.82) is 0 Å². The second kappa shape index (κ2) is 57.0. The van der Waals surface area contributed by atoms with Crippen LogP contribution in [0, 0.1) is 25.7 Å². The fourth-order valence-electron chi connectivity index (χ4n) is 12.4. The number of esters is 5. The zero-order valence-electron chi connectivity index (χ0n) is 74.1. The van der Waals surface area contributed by atoms with Gasteiger partial charge in [-0.2, -0.15) is 30.8 Å². The molecule has 128 heavy (non-hydrogen) atoms. The fraction of sp³-hybridized carbons (Fsp3) is 0.402. The molecule has 0 aliphatic carbocycles. The van der Waals surface area contributed by atoms with E-state index in [9.17, 15) is 47.9 Å². The van der Waals surface area contributed by atoms with Crippen molar-refractivity contribution < 1.29 is 86.1 Å². The maximum atomic E-state index is 13.2. The van der Waals surface area contributed by atoms with Gasteiger partial charge in [0.2, 0.25) is 23.6 Å². The molecule has 0 saturated carbocycles. The Kier molecular flexibility index (Phi) is 45.9. The van der Waals surface area contributed by atoms with E-state index in [-0.39, 0.29) is 63.9 Å². The molecule has 10 aromatic rings. The lowest BCUT2D eigenvalue weighted by Crippen LogP contribution is -2.32. The number of nitrogens with one attached hydrogen (secondary N) is 6. The van der Waals surface area contributed by atoms with Crippen LogP contribution in [-0.4, -0.2) is 129 Å². The first-order chi connectivity index (χ1) is 61.7. The highest BCUT2D eigenvalue weighted by atomic mass is 35.5. The minimum atomic E-state index is -1.27. The number of aromatic amines is 2. The summed E-state index contributed by atoms with van der Waals surface area (Å²) in [5.74, 6) is -5.49. The average Bonchev–Trinajstić information content (AvgIpc) is 0.879. The average molecular weight is 1820 g/mol. The maximum Gasteiger partial charge on any atom is 0.347 e. The van der Waals surface area contributed by atoms with Gasteiger partial charge in [-0.1, -0.05) is 218 Å². The van der Waals surface area contributed by atoms with Crippen LogP contribution in [0.4, 0.5) is 22.7 Å². The predicted molar refractivity (Wildman–Crippen MR) is 495 cm³/mol. The van der Waals surface area contributed by atoms with Gasteiger partial charge in [0.1, 0.15) is 63.7 Å². The standard InChI is InChI=1S/C48H72Cl2N2O10.C23H27ClN2O4.2C13H9N3O2/c1-6-8-10-12-14-16-18-20-22-24-30-58-46(55)37(5)62-48(57)39-27-29-41(50)43(33-39)52-45(54)36(4)44(53)51-42-32-38(26-28-40(42)49)47(56)61-35(3)34-60-59-31-25-23-21-19-17-15-13-11-9-7-2;1-14-7-10-21(15(2)12-14)30-11-5-6-22(28)25-18-8-9-19(24)20(13-18)26-23(29)16(3)17(4)27;2*17-13(18-10-4-2-1-3-5-10)9-6-7-11-12(8-9)15-16-14-11/h26-29,32-33,35-37H,6-25,30-31,34H2,1-5H3,(H,51,53)(H,52,54);7-10,12-13,16H,5-6,11H2,1-4H3,(H,25,28)(H,26,29);2*1-8H,(H,14,15,16). The molecule has 10 rings (SSSR count). The van der Waals surface area contributed by atoms with Crippen molar-refractivity contribution in [2.75, 3.05) is 47.7 Å². The summed E-state index contributed by atoms with van der Waals surface area (Å²) in [4.78, 5) is 135. The number of anilines is 4. The van der Waals surface area contributed by atoms with E-state index in [1.54, 1.807) is 85.8 Å². The summed E-state index contributed by atoms with van der Waals surface area (Å²) in [6.07, 6.45) is 22.8. The Morgan fingerprint density at radius 2 is 0.820 bits per heavy atom. The Bertz CT molecular complexity index is 5090. The number of Topliss-reactive ketones (excluding diaryl/α,β-unsaturated/α-hetero) is 1. The fourth-order valence-corrected chi connectivity index (χ4v) is 12.9. The quantitative estimate of drug-likeness (QED) is 0.00392. The number of para-hydroxylation sites is 2. The van der Waals surface area contributed by atoms with Crippen LogP contribution < -0.4 is 35.5 Å². The zero-order valence-corrected chi connectivity index (χ0v) is 76.4. The number of fused-ring (bicyclic) bond motifs is 2. The highest BCUT2D eigenvalue weighted by molar-refractivity contribution is 6.35. The zero-order chi connectivity index (χ0) is 92.5. The minimum Gasteiger partial charge on any atom is -0.493 e. The summed E-state index contributed by atoms with van der Waals surface area (Å²) in [5, 5.41) is 31.8. The van der Waals surface area contributed by atoms with Gasteiger partial charge >= 0.3 is 29.8 Å². The number of nitrogens with zero attached hydrogens (tertiary/aromatic N) is 4. The molecule has 0 aliphatic heterocycles. The van der Waals surface area contributed by atoms with E-state index >= 15 is 0 Å². The number of H-pyrrole nitrogens is 2. The molecule has 4 atom stereocenters. The van der Waals surface area contributed by atoms with Crippen molar-refractivity contribution in [3.05, 3.63) is 218 Å². The van der Waals surface area contributed by atoms with Crippen molar-refractivity contribution in [2.45, 2.75) is 216 Å². The molecule has 0 saturated heterocycles. The number of rotatable bonds is 47. The van der Waals surface area contributed by atoms with Crippen molar-refractivity contribution in [3.63, 3.8) is 0 Å². The Morgan fingerprint density at radius 3 is 1.30 bits per heavy atom. The molecule has 28 nitrogen and oxygen atoms in total. The van der Waals surface area contributed by atoms with Gasteiger partial charge in [-0.3, -0.25) is 24.0 Å². The van der Waals surface area contributed by atoms with Gasteiger partial charge in [-0.05, 0) is 195 Å². The monoisotopic (exact) mass is 1810 g/mol. The van der Waals surface area contributed by atoms with Crippen molar-refractivity contribution >= 4 is 139 Å². The maximum absolute atomic E-state index is 13.2. The normalized spacial score (nSPS) is 11.7. The lowest BCUT2D eigenvalue weighted by atomic mass is 10.1. The third kappa shape index (κ3) is 37.5. The molecule has 684 valence electrons. The minimum absolute atomic E-state index is 0.0179. The second-order valence-electron chi connectivity index (χ2n) is 30.7. The lowest BCUT2D eigenvalue weighted by Gasteiger charge is -2.16. The highest BCUT2D eigenvalue weighted by Gasteiger charge is 2.27. The van der Waals surface area contributed by atoms with Crippen LogP contribution in [-0.2, 0) is 52.8 Å². The van der Waals surface area contributed by atoms with Crippen LogP contribution >= 0.6 is 34.8 Å². The first-order valence-corrected chi connectivity index (χ1v) is 44.6. The third-order valence-corrected chi connectivity index (χ3v) is 21.0. The van der Waals surface area contributed by atoms with E-state index in [0.717, 1.165) is 43.4 Å². The molecule has 4 unspecified atom stereocenters. The SMILES string of the molecule is CC(=O)C(C)C(=O)Nc1cc(NC(=O)CCCOc2ccc(C)cc2C)ccc1Cl.CCCCCCCCCCCCOOCC(C)OC(=O)c1ccc(Cl)c(NC(=O)C(C)C(=O)Nc2cc(C(=O)OC(C)C(=O)OCCCCCCCCCCCC)ccc2Cl)c1.O=C(Oc1ccccc1)c1ccc2n[nH]nc2c1.O=C(Oc1ccccc1)c1ccc2n[nH]nc2c1. The lowest BCUT2D eigenvalue weighted by molar-refractivity contribution is -0.304. The number of amides is 4. The van der Waals surface area contributed by atoms with Crippen LogP contribution in [0.25, 0.3) is 22.1 Å². The van der Waals surface area contributed by atoms with E-state index < -0.39 is 71.6 Å². The largest absolute Gasteiger partial charge is 0.493 e. The first-order valence-electron chi connectivity index (χ1n) is 43.5. The number of halogens is 3. The second-order valence-corrected chi connectivity index (χ2v) is 32.0. The molecule has 31 heteroatoms. The van der Waals surface area contributed by atoms with Gasteiger partial charge in [0.15, 0.2) is 6.10 Å². The van der Waals surface area contributed by atoms with Crippen molar-refractivity contribution in [2.24, 2.45) is 11.8 Å². The van der Waals surface area contributed by atoms with Crippen LogP contribution in [0.2, 0.25) is 15.1 Å². The molecule has 0 aliphatic rings. The number of hydrogen-bond donors (Lipinski definition) is 6. The van der Waals surface area contributed by atoms with E-state index in [2.05, 4.69) is 72.0 Å². The number of benzene rings is 8. The summed E-state index contributed by atoms with van der Waals surface area (Å²) in [7, 11) is 0. The molecule has 0 fully saturated rings. The van der Waals surface area contributed by atoms with E-state index in [1.807, 2.05) is 62.4 Å².